The Labute approximate surface area is 318 Å². The molecule has 8 heterocycles. The molecule has 278 valence electrons. The second-order valence-electron chi connectivity index (χ2n) is 15.3. The topological polar surface area (TPSA) is 179 Å². The van der Waals surface area contributed by atoms with E-state index in [1.165, 1.54) is 0 Å². The molecule has 8 rings (SSSR count). The van der Waals surface area contributed by atoms with Crippen LogP contribution in [-0.2, 0) is 23.9 Å². The quantitative estimate of drug-likeness (QED) is 0.115. The zero-order valence-corrected chi connectivity index (χ0v) is 32.6. The highest BCUT2D eigenvalue weighted by Gasteiger charge is 2.46. The van der Waals surface area contributed by atoms with E-state index in [1.54, 1.807) is 6.20 Å². The highest BCUT2D eigenvalue weighted by atomic mass is 35.5. The summed E-state index contributed by atoms with van der Waals surface area (Å²) in [6, 6.07) is 6.00. The van der Waals surface area contributed by atoms with Crippen molar-refractivity contribution in [3.8, 4) is 5.75 Å². The number of pyridine rings is 1. The molecule has 0 aliphatic carbocycles. The van der Waals surface area contributed by atoms with Crippen molar-refractivity contribution in [2.45, 2.75) is 75.9 Å². The first-order valence-electron chi connectivity index (χ1n) is 17.8. The Morgan fingerprint density at radius 2 is 1.55 bits per heavy atom. The summed E-state index contributed by atoms with van der Waals surface area (Å²) >= 11 is 13.2. The van der Waals surface area contributed by atoms with Crippen molar-refractivity contribution in [2.24, 2.45) is 0 Å². The third-order valence-electron chi connectivity index (χ3n) is 11.4. The molecule has 0 aromatic carbocycles. The average Bonchev–Trinajstić information content (AvgIpc) is 3.89. The SMILES string of the molecule is CC(C)(CC1Cc2c(ccnc2CN2CC(CO)c3c(Cl)nc(N)nc32)O1)[Si](C)(C)OCC1CN(Cc2nccn3cccc23)c2nc(N)nc(Cl)c21. The van der Waals surface area contributed by atoms with E-state index < -0.39 is 8.32 Å². The lowest BCUT2D eigenvalue weighted by atomic mass is 9.99. The zero-order chi connectivity index (χ0) is 37.2. The van der Waals surface area contributed by atoms with Crippen molar-refractivity contribution in [3.63, 3.8) is 0 Å². The second-order valence-corrected chi connectivity index (χ2v) is 20.7. The Hall–Kier alpha value is -4.28. The molecular weight excluding hydrogens is 733 g/mol. The number of nitrogen functional groups attached to an aromatic ring is 2. The summed E-state index contributed by atoms with van der Waals surface area (Å²) in [4.78, 5) is 31.2. The van der Waals surface area contributed by atoms with Crippen LogP contribution in [0, 0.1) is 0 Å². The molecule has 0 spiro atoms. The number of nitrogens with two attached hydrogens (primary N) is 2. The summed E-state index contributed by atoms with van der Waals surface area (Å²) in [6.07, 6.45) is 9.03. The standard InChI is InChI=1S/C36H43Cl2N11O3Si/c1-36(2,13-22-12-23-24(41-8-7-27(23)52-22)16-48-14-20(18-50)28-30(37)43-34(39)45-32(28)48)53(3,4)51-19-21-15-49(33-29(21)31(38)44-35(40)46-33)17-25-26-6-5-10-47(26)11-9-42-25/h5-11,20-22,50H,12-19H2,1-4H3,(H2,39,43,45)(H2,40,44,46). The van der Waals surface area contributed by atoms with Crippen LogP contribution >= 0.6 is 23.2 Å². The van der Waals surface area contributed by atoms with Crippen molar-refractivity contribution in [3.05, 3.63) is 81.4 Å². The Balaban J connectivity index is 0.950. The second kappa shape index (κ2) is 13.5. The van der Waals surface area contributed by atoms with Crippen LogP contribution in [0.4, 0.5) is 23.5 Å². The molecule has 53 heavy (non-hydrogen) atoms. The van der Waals surface area contributed by atoms with Crippen LogP contribution in [0.15, 0.2) is 43.0 Å². The van der Waals surface area contributed by atoms with E-state index in [-0.39, 0.29) is 46.6 Å². The molecule has 3 atom stereocenters. The number of halogens is 2. The molecular formula is C36H43Cl2N11O3Si. The Bertz CT molecular complexity index is 2200. The number of nitrogens with zero attached hydrogens (tertiary/aromatic N) is 9. The van der Waals surface area contributed by atoms with Crippen LogP contribution in [-0.4, -0.2) is 80.1 Å². The molecule has 0 fully saturated rings. The van der Waals surface area contributed by atoms with Crippen LogP contribution in [0.2, 0.25) is 28.4 Å². The number of hydrogen-bond acceptors (Lipinski definition) is 13. The van der Waals surface area contributed by atoms with Crippen molar-refractivity contribution in [1.29, 1.82) is 0 Å². The first-order chi connectivity index (χ1) is 25.3. The van der Waals surface area contributed by atoms with Crippen molar-refractivity contribution < 1.29 is 14.3 Å². The van der Waals surface area contributed by atoms with Gasteiger partial charge in [-0.1, -0.05) is 37.0 Å². The molecule has 3 aliphatic rings. The number of rotatable bonds is 11. The van der Waals surface area contributed by atoms with Gasteiger partial charge in [-0.15, -0.1) is 0 Å². The van der Waals surface area contributed by atoms with Gasteiger partial charge in [0.1, 0.15) is 33.8 Å². The van der Waals surface area contributed by atoms with Gasteiger partial charge in [-0.05, 0) is 42.8 Å². The lowest BCUT2D eigenvalue weighted by Gasteiger charge is -2.41. The van der Waals surface area contributed by atoms with Gasteiger partial charge in [-0.3, -0.25) is 9.97 Å². The van der Waals surface area contributed by atoms with Crippen molar-refractivity contribution in [1.82, 2.24) is 34.3 Å². The van der Waals surface area contributed by atoms with Crippen molar-refractivity contribution in [2.75, 3.05) is 47.6 Å². The Kier molecular flexibility index (Phi) is 9.12. The van der Waals surface area contributed by atoms with Gasteiger partial charge in [0.25, 0.3) is 0 Å². The predicted molar refractivity (Wildman–Crippen MR) is 207 cm³/mol. The van der Waals surface area contributed by atoms with Crippen LogP contribution in [0.3, 0.4) is 0 Å². The molecule has 14 nitrogen and oxygen atoms in total. The van der Waals surface area contributed by atoms with Gasteiger partial charge in [-0.2, -0.15) is 9.97 Å². The van der Waals surface area contributed by atoms with E-state index >= 15 is 0 Å². The number of ether oxygens (including phenoxy) is 1. The number of aromatic nitrogens is 7. The normalized spacial score (nSPS) is 19.5. The fourth-order valence-electron chi connectivity index (χ4n) is 7.91. The van der Waals surface area contributed by atoms with E-state index in [0.717, 1.165) is 58.0 Å². The molecule has 3 unspecified atom stereocenters. The number of anilines is 4. The van der Waals surface area contributed by atoms with Crippen LogP contribution in [0.5, 0.6) is 5.75 Å². The van der Waals surface area contributed by atoms with E-state index in [9.17, 15) is 5.11 Å². The Morgan fingerprint density at radius 1 is 0.906 bits per heavy atom. The zero-order valence-electron chi connectivity index (χ0n) is 30.1. The molecule has 17 heteroatoms. The molecule has 5 N–H and O–H groups in total. The molecule has 3 aliphatic heterocycles. The molecule has 5 aromatic rings. The third kappa shape index (κ3) is 6.52. The lowest BCUT2D eigenvalue weighted by molar-refractivity contribution is 0.189. The van der Waals surface area contributed by atoms with E-state index in [1.807, 2.05) is 30.7 Å². The van der Waals surface area contributed by atoms with E-state index in [4.69, 9.17) is 48.8 Å². The Morgan fingerprint density at radius 3 is 2.25 bits per heavy atom. The smallest absolute Gasteiger partial charge is 0.223 e. The minimum Gasteiger partial charge on any atom is -0.490 e. The molecule has 5 aromatic heterocycles. The minimum absolute atomic E-state index is 0.0375. The predicted octanol–water partition coefficient (Wildman–Crippen LogP) is 5.38. The van der Waals surface area contributed by atoms with Gasteiger partial charge in [0.2, 0.25) is 11.9 Å². The van der Waals surface area contributed by atoms with Crippen LogP contribution in [0.25, 0.3) is 5.52 Å². The number of aliphatic hydroxyl groups is 1. The van der Waals surface area contributed by atoms with E-state index in [0.29, 0.717) is 43.8 Å². The molecule has 0 bridgehead atoms. The maximum absolute atomic E-state index is 10.1. The fourth-order valence-corrected chi connectivity index (χ4v) is 10.3. The summed E-state index contributed by atoms with van der Waals surface area (Å²) in [5.74, 6) is 2.22. The maximum Gasteiger partial charge on any atom is 0.223 e. The molecule has 0 saturated carbocycles. The highest BCUT2D eigenvalue weighted by molar-refractivity contribution is 6.74. The highest BCUT2D eigenvalue weighted by Crippen LogP contribution is 2.48. The number of aliphatic hydroxyl groups excluding tert-OH is 1. The van der Waals surface area contributed by atoms with Gasteiger partial charge in [-0.25, -0.2) is 9.97 Å². The van der Waals surface area contributed by atoms with Gasteiger partial charge >= 0.3 is 0 Å². The third-order valence-corrected chi connectivity index (χ3v) is 16.3. The largest absolute Gasteiger partial charge is 0.490 e. The van der Waals surface area contributed by atoms with Gasteiger partial charge in [0.15, 0.2) is 8.32 Å². The minimum atomic E-state index is -2.36. The molecule has 0 saturated heterocycles. The first kappa shape index (κ1) is 35.7. The van der Waals surface area contributed by atoms with Gasteiger partial charge in [0, 0.05) is 79.4 Å². The van der Waals surface area contributed by atoms with Gasteiger partial charge in [0.05, 0.1) is 36.6 Å². The average molecular weight is 777 g/mol. The lowest BCUT2D eigenvalue weighted by Crippen LogP contribution is -2.45. The van der Waals surface area contributed by atoms with Gasteiger partial charge < -0.3 is 39.9 Å². The monoisotopic (exact) mass is 775 g/mol. The molecule has 0 radical (unpaired) electrons. The van der Waals surface area contributed by atoms with Crippen molar-refractivity contribution >= 4 is 60.6 Å². The van der Waals surface area contributed by atoms with Crippen LogP contribution < -0.4 is 26.0 Å². The maximum atomic E-state index is 10.1. The summed E-state index contributed by atoms with van der Waals surface area (Å²) in [5, 5.41) is 10.6. The summed E-state index contributed by atoms with van der Waals surface area (Å²) in [6.45, 7) is 11.8. The first-order valence-corrected chi connectivity index (χ1v) is 21.4. The number of fused-ring (bicyclic) bond motifs is 4. The fraction of sp³-hybridized carbons (Fsp3) is 0.444. The van der Waals surface area contributed by atoms with E-state index in [2.05, 4.69) is 72.1 Å². The summed E-state index contributed by atoms with van der Waals surface area (Å²) < 4.78 is 15.6. The summed E-state index contributed by atoms with van der Waals surface area (Å²) in [7, 11) is -2.36. The number of hydrogen-bond donors (Lipinski definition) is 3. The van der Waals surface area contributed by atoms with Crippen LogP contribution in [0.1, 0.15) is 60.2 Å². The summed E-state index contributed by atoms with van der Waals surface area (Å²) in [5.41, 5.74) is 17.6. The molecule has 0 amide bonds.